The molecular weight excluding hydrogens is 498 g/mol. The monoisotopic (exact) mass is 526 g/mol. The highest BCUT2D eigenvalue weighted by Crippen LogP contribution is 2.34. The maximum Gasteiger partial charge on any atom is 0.254 e. The van der Waals surface area contributed by atoms with Gasteiger partial charge >= 0.3 is 0 Å². The molecule has 3 aromatic rings. The van der Waals surface area contributed by atoms with Crippen molar-refractivity contribution < 1.29 is 27.8 Å². The number of fused-ring (bicyclic) bond motifs is 1. The summed E-state index contributed by atoms with van der Waals surface area (Å²) in [6.45, 7) is 1.42. The average molecular weight is 527 g/mol. The van der Waals surface area contributed by atoms with E-state index in [4.69, 9.17) is 9.47 Å². The van der Waals surface area contributed by atoms with Crippen LogP contribution in [0.1, 0.15) is 39.7 Å². The van der Waals surface area contributed by atoms with Crippen LogP contribution in [0.3, 0.4) is 0 Å². The molecule has 1 aromatic heterocycles. The Kier molecular flexibility index (Phi) is 7.81. The molecule has 0 radical (unpaired) electrons. The maximum absolute atomic E-state index is 13.9. The summed E-state index contributed by atoms with van der Waals surface area (Å²) in [6.07, 6.45) is 2.26. The Morgan fingerprint density at radius 2 is 1.95 bits per heavy atom. The van der Waals surface area contributed by atoms with Gasteiger partial charge in [-0.2, -0.15) is 0 Å². The van der Waals surface area contributed by atoms with Crippen LogP contribution in [0.5, 0.6) is 5.75 Å². The van der Waals surface area contributed by atoms with E-state index in [2.05, 4.69) is 0 Å². The van der Waals surface area contributed by atoms with E-state index in [0.717, 1.165) is 24.8 Å². The molecule has 2 atom stereocenters. The molecule has 2 unspecified atom stereocenters. The number of carbonyl (C=O) groups excluding carboxylic acids is 2. The lowest BCUT2D eigenvalue weighted by Crippen LogP contribution is -2.49. The topological polar surface area (TPSA) is 59.1 Å². The van der Waals surface area contributed by atoms with Crippen LogP contribution in [-0.2, 0) is 16.0 Å². The van der Waals surface area contributed by atoms with Crippen LogP contribution in [0.2, 0.25) is 0 Å². The van der Waals surface area contributed by atoms with Crippen molar-refractivity contribution in [3.63, 3.8) is 0 Å². The highest BCUT2D eigenvalue weighted by atomic mass is 32.1. The fraction of sp³-hybridized carbons (Fsp3) is 0.357. The van der Waals surface area contributed by atoms with Gasteiger partial charge < -0.3 is 19.3 Å². The number of amides is 2. The summed E-state index contributed by atoms with van der Waals surface area (Å²) in [6, 6.07) is 12.9. The molecule has 0 spiro atoms. The summed E-state index contributed by atoms with van der Waals surface area (Å²) in [7, 11) is 0. The van der Waals surface area contributed by atoms with E-state index in [0.29, 0.717) is 18.9 Å². The normalized spacial score (nSPS) is 18.9. The zero-order chi connectivity index (χ0) is 25.8. The first kappa shape index (κ1) is 25.4. The summed E-state index contributed by atoms with van der Waals surface area (Å²) in [5.41, 5.74) is 1.22. The lowest BCUT2D eigenvalue weighted by molar-refractivity contribution is -0.135. The molecule has 2 aromatic carbocycles. The van der Waals surface area contributed by atoms with Crippen molar-refractivity contribution in [2.24, 2.45) is 0 Å². The van der Waals surface area contributed by atoms with Crippen molar-refractivity contribution in [3.05, 3.63) is 87.6 Å². The van der Waals surface area contributed by atoms with Crippen molar-refractivity contribution in [2.45, 2.75) is 31.4 Å². The van der Waals surface area contributed by atoms with Gasteiger partial charge in [-0.3, -0.25) is 9.59 Å². The van der Waals surface area contributed by atoms with Crippen LogP contribution >= 0.6 is 11.3 Å². The third-order valence-electron chi connectivity index (χ3n) is 6.77. The van der Waals surface area contributed by atoms with E-state index in [9.17, 15) is 18.4 Å². The van der Waals surface area contributed by atoms with Gasteiger partial charge in [0.2, 0.25) is 5.91 Å². The van der Waals surface area contributed by atoms with Gasteiger partial charge in [0, 0.05) is 30.1 Å². The number of halogens is 2. The second-order valence-electron chi connectivity index (χ2n) is 9.25. The van der Waals surface area contributed by atoms with E-state index in [1.165, 1.54) is 40.1 Å². The molecular formula is C28H28F2N2O4S. The summed E-state index contributed by atoms with van der Waals surface area (Å²) < 4.78 is 38.9. The molecule has 1 fully saturated rings. The molecule has 6 nitrogen and oxygen atoms in total. The van der Waals surface area contributed by atoms with Gasteiger partial charge in [-0.25, -0.2) is 8.78 Å². The van der Waals surface area contributed by atoms with Gasteiger partial charge in [0.15, 0.2) is 0 Å². The molecule has 2 amide bonds. The minimum Gasteiger partial charge on any atom is -0.491 e. The Morgan fingerprint density at radius 3 is 2.70 bits per heavy atom. The van der Waals surface area contributed by atoms with Crippen molar-refractivity contribution in [1.29, 1.82) is 0 Å². The molecule has 3 heterocycles. The number of nitrogens with zero attached hydrogens (tertiary/aromatic N) is 2. The summed E-state index contributed by atoms with van der Waals surface area (Å²) in [4.78, 5) is 31.5. The zero-order valence-corrected chi connectivity index (χ0v) is 21.1. The fourth-order valence-corrected chi connectivity index (χ4v) is 5.82. The highest BCUT2D eigenvalue weighted by molar-refractivity contribution is 7.10. The number of rotatable bonds is 8. The third kappa shape index (κ3) is 5.99. The second-order valence-corrected chi connectivity index (χ2v) is 10.2. The highest BCUT2D eigenvalue weighted by Gasteiger charge is 2.34. The molecule has 0 bridgehead atoms. The summed E-state index contributed by atoms with van der Waals surface area (Å²) >= 11 is 1.65. The van der Waals surface area contributed by atoms with Gasteiger partial charge in [0.1, 0.15) is 30.5 Å². The Labute approximate surface area is 218 Å². The smallest absolute Gasteiger partial charge is 0.254 e. The molecule has 0 N–H and O–H groups in total. The number of hydrogen-bond acceptors (Lipinski definition) is 5. The van der Waals surface area contributed by atoms with Crippen LogP contribution < -0.4 is 4.74 Å². The number of carbonyl (C=O) groups is 2. The fourth-order valence-electron chi connectivity index (χ4n) is 4.89. The molecule has 2 aliphatic rings. The Morgan fingerprint density at radius 1 is 1.11 bits per heavy atom. The average Bonchev–Trinajstić information content (AvgIpc) is 3.59. The lowest BCUT2D eigenvalue weighted by Gasteiger charge is -2.37. The number of thiophene rings is 1. The third-order valence-corrected chi connectivity index (χ3v) is 7.77. The van der Waals surface area contributed by atoms with Crippen LogP contribution in [-0.4, -0.2) is 60.6 Å². The molecule has 0 saturated carbocycles. The van der Waals surface area contributed by atoms with E-state index >= 15 is 0 Å². The van der Waals surface area contributed by atoms with Crippen molar-refractivity contribution in [3.8, 4) is 5.75 Å². The number of hydrogen-bond donors (Lipinski definition) is 0. The van der Waals surface area contributed by atoms with Crippen LogP contribution in [0, 0.1) is 11.6 Å². The first-order valence-electron chi connectivity index (χ1n) is 12.4. The minimum absolute atomic E-state index is 0.151. The van der Waals surface area contributed by atoms with Gasteiger partial charge in [0.05, 0.1) is 12.1 Å². The predicted molar refractivity (Wildman–Crippen MR) is 136 cm³/mol. The van der Waals surface area contributed by atoms with Crippen LogP contribution in [0.15, 0.2) is 60.0 Å². The number of ether oxygens (including phenoxy) is 2. The second kappa shape index (κ2) is 11.4. The quantitative estimate of drug-likeness (QED) is 0.421. The maximum atomic E-state index is 13.9. The molecule has 0 aliphatic carbocycles. The molecule has 2 aliphatic heterocycles. The van der Waals surface area contributed by atoms with E-state index in [1.807, 2.05) is 11.4 Å². The van der Waals surface area contributed by atoms with Crippen LogP contribution in [0.4, 0.5) is 8.78 Å². The molecule has 194 valence electrons. The van der Waals surface area contributed by atoms with Gasteiger partial charge in [-0.1, -0.05) is 6.07 Å². The first-order valence-corrected chi connectivity index (χ1v) is 13.3. The van der Waals surface area contributed by atoms with Gasteiger partial charge in [-0.15, -0.1) is 11.3 Å². The van der Waals surface area contributed by atoms with E-state index in [1.54, 1.807) is 34.4 Å². The largest absolute Gasteiger partial charge is 0.491 e. The predicted octanol–water partition coefficient (Wildman–Crippen LogP) is 4.85. The standard InChI is InChI=1S/C28H28F2N2O4S/c29-20-6-8-22(9-7-20)36-18-25-24-11-14-37-26(24)10-12-32(25)27(33)17-31(16-23-5-2-13-35-23)28(34)19-3-1-4-21(30)15-19/h1,3-4,6-9,11,14-15,23,25H,2,5,10,12-13,16-18H2. The molecule has 9 heteroatoms. The summed E-state index contributed by atoms with van der Waals surface area (Å²) in [5.74, 6) is -0.968. The zero-order valence-electron chi connectivity index (χ0n) is 20.3. The van der Waals surface area contributed by atoms with Crippen LogP contribution in [0.25, 0.3) is 0 Å². The lowest BCUT2D eigenvalue weighted by atomic mass is 10.00. The van der Waals surface area contributed by atoms with E-state index in [-0.39, 0.29) is 49.1 Å². The molecule has 5 rings (SSSR count). The minimum atomic E-state index is -0.506. The SMILES string of the molecule is O=C(c1cccc(F)c1)N(CC(=O)N1CCc2sccc2C1COc1ccc(F)cc1)CC1CCCO1. The van der Waals surface area contributed by atoms with Gasteiger partial charge in [-0.05, 0) is 78.7 Å². The Balaban J connectivity index is 1.35. The van der Waals surface area contributed by atoms with E-state index < -0.39 is 11.7 Å². The Bertz CT molecular complexity index is 1240. The van der Waals surface area contributed by atoms with Crippen molar-refractivity contribution in [2.75, 3.05) is 32.8 Å². The summed E-state index contributed by atoms with van der Waals surface area (Å²) in [5, 5.41) is 2.00. The first-order chi connectivity index (χ1) is 18.0. The van der Waals surface area contributed by atoms with Crippen molar-refractivity contribution in [1.82, 2.24) is 9.80 Å². The molecule has 37 heavy (non-hydrogen) atoms. The number of benzene rings is 2. The molecule has 1 saturated heterocycles. The Hall–Kier alpha value is -3.30. The van der Waals surface area contributed by atoms with Crippen molar-refractivity contribution >= 4 is 23.2 Å². The van der Waals surface area contributed by atoms with Gasteiger partial charge in [0.25, 0.3) is 5.91 Å².